The number of thiazole rings is 1. The molecule has 2 aromatic heterocycles. The highest BCUT2D eigenvalue weighted by molar-refractivity contribution is 7.17. The van der Waals surface area contributed by atoms with E-state index in [2.05, 4.69) is 4.98 Å². The molecule has 1 aromatic carbocycles. The largest absolute Gasteiger partial charge is 0.494 e. The lowest BCUT2D eigenvalue weighted by molar-refractivity contribution is -0.147. The molecule has 0 saturated heterocycles. The van der Waals surface area contributed by atoms with Gasteiger partial charge in [-0.15, -0.1) is 11.3 Å². The van der Waals surface area contributed by atoms with Crippen LogP contribution in [0.25, 0.3) is 4.96 Å². The van der Waals surface area contributed by atoms with Gasteiger partial charge in [0.1, 0.15) is 18.1 Å². The molecule has 0 radical (unpaired) electrons. The van der Waals surface area contributed by atoms with Gasteiger partial charge in [0.25, 0.3) is 5.56 Å². The van der Waals surface area contributed by atoms with Crippen molar-refractivity contribution in [2.45, 2.75) is 39.2 Å². The third-order valence-corrected chi connectivity index (χ3v) is 5.83. The van der Waals surface area contributed by atoms with Crippen LogP contribution in [0.3, 0.4) is 0 Å². The zero-order valence-electron chi connectivity index (χ0n) is 16.2. The van der Waals surface area contributed by atoms with E-state index in [1.54, 1.807) is 40.0 Å². The molecule has 29 heavy (non-hydrogen) atoms. The van der Waals surface area contributed by atoms with E-state index in [-0.39, 0.29) is 18.8 Å². The van der Waals surface area contributed by atoms with Crippen molar-refractivity contribution in [2.75, 3.05) is 13.2 Å². The normalized spacial score (nSPS) is 13.1. The molecule has 0 atom stereocenters. The number of hydrogen-bond donors (Lipinski definition) is 0. The van der Waals surface area contributed by atoms with Crippen LogP contribution in [-0.2, 0) is 29.0 Å². The summed E-state index contributed by atoms with van der Waals surface area (Å²) in [5.41, 5.74) is 1.41. The van der Waals surface area contributed by atoms with Gasteiger partial charge in [-0.05, 0) is 56.9 Å². The monoisotopic (exact) mass is 414 g/mol. The molecule has 0 bridgehead atoms. The second-order valence-corrected chi connectivity index (χ2v) is 7.80. The fourth-order valence-electron chi connectivity index (χ4n) is 3.35. The number of nitrogens with zero attached hydrogens (tertiary/aromatic N) is 2. The van der Waals surface area contributed by atoms with Crippen LogP contribution in [0.1, 0.15) is 36.0 Å². The first-order chi connectivity index (χ1) is 14.1. The van der Waals surface area contributed by atoms with Crippen molar-refractivity contribution in [3.63, 3.8) is 0 Å². The first-order valence-electron chi connectivity index (χ1n) is 9.68. The highest BCUT2D eigenvalue weighted by atomic mass is 32.1. The van der Waals surface area contributed by atoms with E-state index in [0.717, 1.165) is 37.1 Å². The molecule has 0 fully saturated rings. The summed E-state index contributed by atoms with van der Waals surface area (Å²) in [6.45, 7) is 2.22. The minimum Gasteiger partial charge on any atom is -0.494 e. The Morgan fingerprint density at radius 2 is 1.86 bits per heavy atom. The van der Waals surface area contributed by atoms with Crippen LogP contribution in [0.5, 0.6) is 11.5 Å². The Morgan fingerprint density at radius 3 is 2.62 bits per heavy atom. The van der Waals surface area contributed by atoms with Gasteiger partial charge in [0.2, 0.25) is 0 Å². The highest BCUT2D eigenvalue weighted by Gasteiger charge is 2.18. The summed E-state index contributed by atoms with van der Waals surface area (Å²) in [4.78, 5) is 30.9. The third-order valence-electron chi connectivity index (χ3n) is 4.69. The lowest BCUT2D eigenvalue weighted by Crippen LogP contribution is -2.19. The van der Waals surface area contributed by atoms with Gasteiger partial charge < -0.3 is 14.2 Å². The molecule has 1 aliphatic carbocycles. The summed E-state index contributed by atoms with van der Waals surface area (Å²) in [6, 6.07) is 8.45. The second kappa shape index (κ2) is 8.65. The molecule has 152 valence electrons. The van der Waals surface area contributed by atoms with Crippen molar-refractivity contribution in [3.05, 3.63) is 57.0 Å². The van der Waals surface area contributed by atoms with E-state index in [4.69, 9.17) is 14.2 Å². The Morgan fingerprint density at radius 1 is 1.14 bits per heavy atom. The summed E-state index contributed by atoms with van der Waals surface area (Å²) >= 11 is 1.55. The van der Waals surface area contributed by atoms with Gasteiger partial charge >= 0.3 is 5.97 Å². The minimum absolute atomic E-state index is 0.0558. The zero-order valence-corrected chi connectivity index (χ0v) is 17.0. The Labute approximate surface area is 171 Å². The lowest BCUT2D eigenvalue weighted by atomic mass is 10.0. The molecule has 8 heteroatoms. The maximum absolute atomic E-state index is 12.5. The SMILES string of the molecule is CCOc1ccc(OCC(=O)OCc2cc(=O)n3c4c(sc3n2)CCCC4)cc1. The van der Waals surface area contributed by atoms with Crippen LogP contribution in [0.2, 0.25) is 0 Å². The summed E-state index contributed by atoms with van der Waals surface area (Å²) in [5, 5.41) is 0. The Kier molecular flexibility index (Phi) is 5.80. The van der Waals surface area contributed by atoms with Crippen molar-refractivity contribution < 1.29 is 19.0 Å². The van der Waals surface area contributed by atoms with Crippen LogP contribution in [-0.4, -0.2) is 28.6 Å². The van der Waals surface area contributed by atoms with Gasteiger partial charge in [-0.25, -0.2) is 9.78 Å². The number of benzene rings is 1. The van der Waals surface area contributed by atoms with Crippen LogP contribution in [0.15, 0.2) is 35.1 Å². The number of esters is 1. The molecule has 0 amide bonds. The van der Waals surface area contributed by atoms with Gasteiger partial charge in [-0.2, -0.15) is 0 Å². The summed E-state index contributed by atoms with van der Waals surface area (Å²) in [5.74, 6) is 0.768. The maximum atomic E-state index is 12.5. The van der Waals surface area contributed by atoms with Crippen LogP contribution in [0.4, 0.5) is 0 Å². The molecular formula is C21H22N2O5S. The van der Waals surface area contributed by atoms with Gasteiger partial charge in [0, 0.05) is 16.6 Å². The Hall–Kier alpha value is -2.87. The predicted octanol–water partition coefficient (Wildman–Crippen LogP) is 3.16. The Bertz CT molecular complexity index is 1070. The molecule has 0 N–H and O–H groups in total. The predicted molar refractivity (Wildman–Crippen MR) is 109 cm³/mol. The van der Waals surface area contributed by atoms with E-state index >= 15 is 0 Å². The molecule has 4 rings (SSSR count). The van der Waals surface area contributed by atoms with Gasteiger partial charge in [-0.3, -0.25) is 9.20 Å². The number of ether oxygens (including phenoxy) is 3. The highest BCUT2D eigenvalue weighted by Crippen LogP contribution is 2.28. The first kappa shape index (κ1) is 19.4. The number of carbonyl (C=O) groups is 1. The zero-order chi connectivity index (χ0) is 20.2. The lowest BCUT2D eigenvalue weighted by Gasteiger charge is -2.10. The standard InChI is InChI=1S/C21H22N2O5S/c1-2-26-15-7-9-16(10-8-15)27-13-20(25)28-12-14-11-19(24)23-17-5-3-4-6-18(17)29-21(23)22-14/h7-11H,2-6,12-13H2,1H3. The molecule has 0 saturated carbocycles. The number of fused-ring (bicyclic) bond motifs is 3. The third kappa shape index (κ3) is 4.42. The van der Waals surface area contributed by atoms with E-state index in [0.29, 0.717) is 23.0 Å². The smallest absolute Gasteiger partial charge is 0.344 e. The van der Waals surface area contributed by atoms with Crippen LogP contribution < -0.4 is 15.0 Å². The quantitative estimate of drug-likeness (QED) is 0.553. The van der Waals surface area contributed by atoms with Crippen molar-refractivity contribution in [1.29, 1.82) is 0 Å². The molecule has 0 unspecified atom stereocenters. The first-order valence-corrected chi connectivity index (χ1v) is 10.5. The van der Waals surface area contributed by atoms with E-state index < -0.39 is 5.97 Å². The van der Waals surface area contributed by atoms with Crippen LogP contribution in [0, 0.1) is 0 Å². The molecule has 1 aliphatic rings. The molecular weight excluding hydrogens is 392 g/mol. The van der Waals surface area contributed by atoms with Gasteiger partial charge in [0.15, 0.2) is 11.6 Å². The average molecular weight is 414 g/mol. The summed E-state index contributed by atoms with van der Waals surface area (Å²) in [6.07, 6.45) is 4.15. The van der Waals surface area contributed by atoms with Crippen molar-refractivity contribution in [2.24, 2.45) is 0 Å². The molecule has 7 nitrogen and oxygen atoms in total. The van der Waals surface area contributed by atoms with E-state index in [1.165, 1.54) is 10.9 Å². The topological polar surface area (TPSA) is 79.1 Å². The number of aromatic nitrogens is 2. The Balaban J connectivity index is 1.35. The summed E-state index contributed by atoms with van der Waals surface area (Å²) in [7, 11) is 0. The van der Waals surface area contributed by atoms with Crippen LogP contribution >= 0.6 is 11.3 Å². The number of rotatable bonds is 7. The number of aryl methyl sites for hydroxylation is 2. The van der Waals surface area contributed by atoms with Crippen molar-refractivity contribution in [1.82, 2.24) is 9.38 Å². The molecule has 3 aromatic rings. The van der Waals surface area contributed by atoms with E-state index in [9.17, 15) is 9.59 Å². The number of carbonyl (C=O) groups excluding carboxylic acids is 1. The van der Waals surface area contributed by atoms with E-state index in [1.807, 2.05) is 6.92 Å². The van der Waals surface area contributed by atoms with Gasteiger partial charge in [-0.1, -0.05) is 0 Å². The minimum atomic E-state index is -0.522. The van der Waals surface area contributed by atoms with Gasteiger partial charge in [0.05, 0.1) is 12.3 Å². The number of hydrogen-bond acceptors (Lipinski definition) is 7. The second-order valence-electron chi connectivity index (χ2n) is 6.74. The van der Waals surface area contributed by atoms with Crippen molar-refractivity contribution >= 4 is 22.3 Å². The summed E-state index contributed by atoms with van der Waals surface area (Å²) < 4.78 is 17.7. The molecule has 2 heterocycles. The fourth-order valence-corrected chi connectivity index (χ4v) is 4.59. The molecule has 0 spiro atoms. The van der Waals surface area contributed by atoms with Crippen molar-refractivity contribution in [3.8, 4) is 11.5 Å². The fraction of sp³-hybridized carbons (Fsp3) is 0.381. The maximum Gasteiger partial charge on any atom is 0.344 e. The molecule has 0 aliphatic heterocycles. The average Bonchev–Trinajstić information content (AvgIpc) is 3.11.